The van der Waals surface area contributed by atoms with E-state index in [0.29, 0.717) is 0 Å². The molecule has 2 N–H and O–H groups in total. The summed E-state index contributed by atoms with van der Waals surface area (Å²) in [5, 5.41) is 0.000000000000000222. The first kappa shape index (κ1) is 7.91. The van der Waals surface area contributed by atoms with Crippen molar-refractivity contribution in [3.63, 3.8) is 0 Å². The maximum Gasteiger partial charge on any atom is 0.171 e. The number of sulfone groups is 1. The summed E-state index contributed by atoms with van der Waals surface area (Å²) in [6.45, 7) is 2.95. The molecule has 0 aromatic heterocycles. The zero-order valence-electron chi connectivity index (χ0n) is 5.01. The quantitative estimate of drug-likeness (QED) is 0.576. The zero-order chi connectivity index (χ0) is 6.78. The highest BCUT2D eigenvalue weighted by atomic mass is 32.2. The van der Waals surface area contributed by atoms with Crippen LogP contribution in [0.3, 0.4) is 0 Å². The second kappa shape index (κ2) is 2.46. The van der Waals surface area contributed by atoms with Gasteiger partial charge in [-0.15, -0.1) is 0 Å². The van der Waals surface area contributed by atoms with Gasteiger partial charge in [0.2, 0.25) is 0 Å². The summed E-state index contributed by atoms with van der Waals surface area (Å²) in [6.07, 6.45) is 0. The van der Waals surface area contributed by atoms with Crippen molar-refractivity contribution in [1.82, 2.24) is 0 Å². The molecule has 0 aliphatic heterocycles. The number of nitrogens with two attached hydrogens (primary N) is 1. The minimum atomic E-state index is -3.04. The molecule has 0 aliphatic carbocycles. The van der Waals surface area contributed by atoms with Gasteiger partial charge in [-0.25, -0.2) is 8.42 Å². The van der Waals surface area contributed by atoms with Crippen LogP contribution in [0.25, 0.3) is 0 Å². The lowest BCUT2D eigenvalue weighted by molar-refractivity contribution is 0.597. The molecule has 0 amide bonds. The third-order valence-electron chi connectivity index (χ3n) is 0.871. The Kier molecular flexibility index (Phi) is 2.43. The van der Waals surface area contributed by atoms with E-state index in [2.05, 4.69) is 0 Å². The van der Waals surface area contributed by atoms with Crippen LogP contribution in [0.4, 0.5) is 0 Å². The average molecular weight is 136 g/mol. The molecule has 49 valence electrons. The van der Waals surface area contributed by atoms with Crippen LogP contribution in [-0.2, 0) is 9.84 Å². The Balaban J connectivity index is 4.17. The molecule has 0 aromatic carbocycles. The fourth-order valence-corrected chi connectivity index (χ4v) is 0.683. The zero-order valence-corrected chi connectivity index (χ0v) is 5.83. The van der Waals surface area contributed by atoms with Crippen molar-refractivity contribution < 1.29 is 8.42 Å². The lowest BCUT2D eigenvalue weighted by atomic mass is 10.8. The Labute approximate surface area is 49.8 Å². The Morgan fingerprint density at radius 2 is 2.00 bits per heavy atom. The summed E-state index contributed by atoms with van der Waals surface area (Å²) >= 11 is 0. The predicted octanol–water partition coefficient (Wildman–Crippen LogP) is -0.111. The minimum absolute atomic E-state index is 0.000000000000000222. The van der Waals surface area contributed by atoms with E-state index in [-0.39, 0.29) is 11.1 Å². The van der Waals surface area contributed by atoms with E-state index in [0.717, 1.165) is 0 Å². The Morgan fingerprint density at radius 1 is 1.62 bits per heavy atom. The van der Waals surface area contributed by atoms with E-state index in [9.17, 15) is 8.42 Å². The van der Waals surface area contributed by atoms with Gasteiger partial charge in [0.05, 0.1) is 0 Å². The van der Waals surface area contributed by atoms with Crippen LogP contribution < -0.4 is 5.73 Å². The average Bonchev–Trinajstić information content (AvgIpc) is 1.67. The molecule has 0 rings (SSSR count). The van der Waals surface area contributed by atoms with E-state index in [1.54, 1.807) is 6.92 Å². The van der Waals surface area contributed by atoms with Gasteiger partial charge in [0.25, 0.3) is 0 Å². The fourth-order valence-electron chi connectivity index (χ4n) is 0.228. The summed E-state index contributed by atoms with van der Waals surface area (Å²) in [4.78, 5) is 0. The van der Waals surface area contributed by atoms with Crippen LogP contribution in [0.5, 0.6) is 0 Å². The van der Waals surface area contributed by atoms with Gasteiger partial charge in [0.1, 0.15) is 5.37 Å². The first-order chi connectivity index (χ1) is 3.50. The lowest BCUT2D eigenvalue weighted by Gasteiger charge is -2.00. The molecule has 0 saturated carbocycles. The van der Waals surface area contributed by atoms with Gasteiger partial charge in [-0.2, -0.15) is 0 Å². The van der Waals surface area contributed by atoms with Crippen molar-refractivity contribution in [1.29, 1.82) is 0 Å². The molecular weight excluding hydrogens is 126 g/mol. The molecule has 0 atom stereocenters. The van der Waals surface area contributed by atoms with E-state index < -0.39 is 9.84 Å². The molecule has 0 bridgehead atoms. The molecule has 0 aromatic rings. The number of hydrogen-bond donors (Lipinski definition) is 1. The number of rotatable bonds is 2. The molecule has 0 saturated heterocycles. The van der Waals surface area contributed by atoms with Crippen LogP contribution in [0.1, 0.15) is 13.8 Å². The van der Waals surface area contributed by atoms with Gasteiger partial charge in [-0.1, -0.05) is 6.92 Å². The summed E-state index contributed by atoms with van der Waals surface area (Å²) in [5.74, 6) is 0.0926. The molecule has 3 nitrogen and oxygen atoms in total. The van der Waals surface area contributed by atoms with Crippen LogP contribution in [-0.4, -0.2) is 14.2 Å². The molecule has 1 radical (unpaired) electrons. The summed E-state index contributed by atoms with van der Waals surface area (Å²) in [5.41, 5.74) is 5.01. The number of hydrogen-bond acceptors (Lipinski definition) is 3. The predicted molar refractivity (Wildman–Crippen MR) is 32.6 cm³/mol. The smallest absolute Gasteiger partial charge is 0.171 e. The maximum atomic E-state index is 10.5. The van der Waals surface area contributed by atoms with Gasteiger partial charge in [-0.05, 0) is 6.92 Å². The summed E-state index contributed by atoms with van der Waals surface area (Å²) in [7, 11) is -3.04. The highest BCUT2D eigenvalue weighted by molar-refractivity contribution is 7.94. The second-order valence-corrected chi connectivity index (χ2v) is 3.96. The maximum absolute atomic E-state index is 10.5. The highest BCUT2D eigenvalue weighted by Gasteiger charge is 2.13. The van der Waals surface area contributed by atoms with Gasteiger partial charge in [-0.3, -0.25) is 0 Å². The normalized spacial score (nSPS) is 12.5. The Bertz CT molecular complexity index is 147. The minimum Gasteiger partial charge on any atom is -0.310 e. The van der Waals surface area contributed by atoms with Crippen molar-refractivity contribution >= 4 is 9.84 Å². The van der Waals surface area contributed by atoms with Crippen molar-refractivity contribution in [2.24, 2.45) is 5.73 Å². The SMILES string of the molecule is CCS(=O)(=O)[C](C)N. The first-order valence-corrected chi connectivity index (χ1v) is 3.97. The van der Waals surface area contributed by atoms with Crippen molar-refractivity contribution in [3.05, 3.63) is 5.37 Å². The van der Waals surface area contributed by atoms with Gasteiger partial charge in [0, 0.05) is 5.75 Å². The Morgan fingerprint density at radius 3 is 2.00 bits per heavy atom. The highest BCUT2D eigenvalue weighted by Crippen LogP contribution is 2.00. The summed E-state index contributed by atoms with van der Waals surface area (Å²) < 4.78 is 21.1. The first-order valence-electron chi connectivity index (χ1n) is 2.32. The van der Waals surface area contributed by atoms with Crippen LogP contribution >= 0.6 is 0 Å². The van der Waals surface area contributed by atoms with Crippen molar-refractivity contribution in [2.75, 3.05) is 5.75 Å². The van der Waals surface area contributed by atoms with E-state index in [1.807, 2.05) is 0 Å². The standard InChI is InChI=1S/C4H10NO2S/c1-3-8(6,7)4(2)5/h3,5H2,1-2H3. The molecule has 4 heteroatoms. The van der Waals surface area contributed by atoms with Gasteiger partial charge in [0.15, 0.2) is 9.84 Å². The van der Waals surface area contributed by atoms with Crippen molar-refractivity contribution in [2.45, 2.75) is 13.8 Å². The lowest BCUT2D eigenvalue weighted by Crippen LogP contribution is -2.19. The molecule has 0 aliphatic rings. The molecule has 8 heavy (non-hydrogen) atoms. The molecule has 0 spiro atoms. The molecule has 0 heterocycles. The van der Waals surface area contributed by atoms with Crippen LogP contribution in [0.15, 0.2) is 0 Å². The van der Waals surface area contributed by atoms with Crippen molar-refractivity contribution in [3.8, 4) is 0 Å². The van der Waals surface area contributed by atoms with Crippen LogP contribution in [0.2, 0.25) is 0 Å². The molecular formula is C4H10NO2S. The monoisotopic (exact) mass is 136 g/mol. The topological polar surface area (TPSA) is 60.2 Å². The van der Waals surface area contributed by atoms with Crippen LogP contribution in [0, 0.1) is 5.37 Å². The van der Waals surface area contributed by atoms with E-state index in [1.165, 1.54) is 6.92 Å². The summed E-state index contributed by atoms with van der Waals surface area (Å²) in [6, 6.07) is 0. The van der Waals surface area contributed by atoms with E-state index in [4.69, 9.17) is 5.73 Å². The van der Waals surface area contributed by atoms with Gasteiger partial charge < -0.3 is 5.73 Å². The third-order valence-corrected chi connectivity index (χ3v) is 2.61. The fraction of sp³-hybridized carbons (Fsp3) is 0.750. The third kappa shape index (κ3) is 1.79. The Hall–Kier alpha value is -0.0900. The van der Waals surface area contributed by atoms with E-state index >= 15 is 0 Å². The van der Waals surface area contributed by atoms with Gasteiger partial charge >= 0.3 is 0 Å². The second-order valence-electron chi connectivity index (χ2n) is 1.51. The molecule has 0 unspecified atom stereocenters. The largest absolute Gasteiger partial charge is 0.310 e. The molecule has 0 fully saturated rings.